The maximum Gasteiger partial charge on any atom is 0.237 e. The van der Waals surface area contributed by atoms with E-state index < -0.39 is 15.3 Å². The monoisotopic (exact) mass is 340 g/mol. The number of aliphatic imine (C=N–C) groups is 1. The molecule has 0 amide bonds. The summed E-state index contributed by atoms with van der Waals surface area (Å²) in [4.78, 5) is 6.35. The first-order chi connectivity index (χ1) is 10.9. The fraction of sp³-hybridized carbons (Fsp3) is 0.533. The van der Waals surface area contributed by atoms with Crippen LogP contribution in [0.15, 0.2) is 29.3 Å². The molecule has 0 aliphatic carbocycles. The van der Waals surface area contributed by atoms with E-state index in [1.807, 2.05) is 24.3 Å². The molecule has 2 N–H and O–H groups in total. The van der Waals surface area contributed by atoms with Gasteiger partial charge in [0.1, 0.15) is 5.75 Å². The molecule has 0 bridgehead atoms. The molecule has 0 aromatic heterocycles. The summed E-state index contributed by atoms with van der Waals surface area (Å²) in [6.07, 6.45) is 0.897. The quantitative estimate of drug-likeness (QED) is 0.798. The van der Waals surface area contributed by atoms with Crippen LogP contribution in [0.3, 0.4) is 0 Å². The molecule has 23 heavy (non-hydrogen) atoms. The Morgan fingerprint density at radius 2 is 2.04 bits per heavy atom. The molecule has 0 radical (unpaired) electrons. The van der Waals surface area contributed by atoms with Crippen LogP contribution in [0.1, 0.15) is 19.4 Å². The van der Waals surface area contributed by atoms with E-state index >= 15 is 0 Å². The fourth-order valence-electron chi connectivity index (χ4n) is 2.01. The van der Waals surface area contributed by atoms with Crippen molar-refractivity contribution in [2.45, 2.75) is 25.5 Å². The van der Waals surface area contributed by atoms with Gasteiger partial charge in [0.05, 0.1) is 25.7 Å². The van der Waals surface area contributed by atoms with Crippen LogP contribution in [-0.2, 0) is 16.4 Å². The number of nitrogens with zero attached hydrogens (tertiary/aromatic N) is 2. The van der Waals surface area contributed by atoms with E-state index in [0.29, 0.717) is 19.3 Å². The smallest absolute Gasteiger partial charge is 0.237 e. The third kappa shape index (κ3) is 5.11. The first-order valence-corrected chi connectivity index (χ1v) is 9.10. The Bertz CT molecular complexity index is 641. The summed E-state index contributed by atoms with van der Waals surface area (Å²) in [6, 6.07) is 7.98. The molecule has 2 rings (SSSR count). The Morgan fingerprint density at radius 3 is 2.57 bits per heavy atom. The predicted octanol–water partition coefficient (Wildman–Crippen LogP) is 0.742. The molecule has 0 unspecified atom stereocenters. The van der Waals surface area contributed by atoms with Crippen LogP contribution in [-0.4, -0.2) is 51.5 Å². The molecular weight excluding hydrogens is 316 g/mol. The zero-order chi connectivity index (χ0) is 16.9. The number of guanidine groups is 1. The third-order valence-corrected chi connectivity index (χ3v) is 5.35. The summed E-state index contributed by atoms with van der Waals surface area (Å²) in [5, 5.41) is 2.51. The van der Waals surface area contributed by atoms with E-state index in [0.717, 1.165) is 18.7 Å². The molecule has 1 aliphatic rings. The predicted molar refractivity (Wildman–Crippen MR) is 90.9 cm³/mol. The Labute approximate surface area is 137 Å². The molecule has 0 atom stereocenters. The summed E-state index contributed by atoms with van der Waals surface area (Å²) in [7, 11) is -1.70. The molecular formula is C15H24N4O3S. The van der Waals surface area contributed by atoms with Gasteiger partial charge in [-0.15, -0.1) is 0 Å². The number of nitrogens with one attached hydrogen (secondary N) is 2. The van der Waals surface area contributed by atoms with Crippen molar-refractivity contribution >= 4 is 16.0 Å². The number of ether oxygens (including phenoxy) is 1. The highest BCUT2D eigenvalue weighted by Crippen LogP contribution is 2.12. The second-order valence-corrected chi connectivity index (χ2v) is 7.91. The zero-order valence-electron chi connectivity index (χ0n) is 13.7. The Balaban J connectivity index is 1.81. The van der Waals surface area contributed by atoms with Crippen LogP contribution >= 0.6 is 0 Å². The summed E-state index contributed by atoms with van der Waals surface area (Å²) in [6.45, 7) is 5.14. The summed E-state index contributed by atoms with van der Waals surface area (Å²) in [5.41, 5.74) is 1.22. The van der Waals surface area contributed by atoms with E-state index in [4.69, 9.17) is 4.74 Å². The number of benzene rings is 1. The van der Waals surface area contributed by atoms with Crippen molar-refractivity contribution in [2.75, 3.05) is 27.0 Å². The molecule has 7 nitrogen and oxygen atoms in total. The highest BCUT2D eigenvalue weighted by atomic mass is 32.2. The van der Waals surface area contributed by atoms with Gasteiger partial charge < -0.3 is 10.1 Å². The largest absolute Gasteiger partial charge is 0.497 e. The van der Waals surface area contributed by atoms with Gasteiger partial charge in [0.2, 0.25) is 16.0 Å². The molecule has 1 aliphatic heterocycles. The van der Waals surface area contributed by atoms with Crippen molar-refractivity contribution in [3.8, 4) is 5.75 Å². The van der Waals surface area contributed by atoms with Crippen LogP contribution in [0.25, 0.3) is 0 Å². The van der Waals surface area contributed by atoms with Crippen LogP contribution in [0.5, 0.6) is 5.75 Å². The first-order valence-electron chi connectivity index (χ1n) is 7.56. The second-order valence-electron chi connectivity index (χ2n) is 5.67. The van der Waals surface area contributed by atoms with Gasteiger partial charge in [-0.3, -0.25) is 9.62 Å². The van der Waals surface area contributed by atoms with Crippen molar-refractivity contribution in [2.24, 2.45) is 4.99 Å². The van der Waals surface area contributed by atoms with Crippen molar-refractivity contribution in [3.05, 3.63) is 29.8 Å². The van der Waals surface area contributed by atoms with Gasteiger partial charge in [0, 0.05) is 6.54 Å². The molecule has 0 saturated carbocycles. The van der Waals surface area contributed by atoms with Crippen molar-refractivity contribution in [1.29, 1.82) is 0 Å². The van der Waals surface area contributed by atoms with E-state index in [9.17, 15) is 8.42 Å². The van der Waals surface area contributed by atoms with E-state index in [1.54, 1.807) is 21.0 Å². The summed E-state index contributed by atoms with van der Waals surface area (Å²) >= 11 is 0. The van der Waals surface area contributed by atoms with Gasteiger partial charge >= 0.3 is 0 Å². The molecule has 0 spiro atoms. The average Bonchev–Trinajstić information content (AvgIpc) is 2.54. The van der Waals surface area contributed by atoms with E-state index in [2.05, 4.69) is 19.9 Å². The Morgan fingerprint density at radius 1 is 1.35 bits per heavy atom. The molecule has 1 heterocycles. The SMILES string of the molecule is COc1ccc(CCN2CN=C(NS(=O)(=O)C(C)C)NC2)cc1. The van der Waals surface area contributed by atoms with Crippen molar-refractivity contribution < 1.29 is 13.2 Å². The Kier molecular flexibility index (Phi) is 5.84. The molecule has 1 aromatic rings. The number of hydrogen-bond donors (Lipinski definition) is 2. The molecule has 1 aromatic carbocycles. The normalized spacial score (nSPS) is 15.9. The van der Waals surface area contributed by atoms with Gasteiger partial charge in [-0.2, -0.15) is 0 Å². The minimum atomic E-state index is -3.35. The van der Waals surface area contributed by atoms with Crippen molar-refractivity contribution in [1.82, 2.24) is 14.9 Å². The van der Waals surface area contributed by atoms with Gasteiger partial charge in [-0.1, -0.05) is 12.1 Å². The van der Waals surface area contributed by atoms with Crippen LogP contribution in [0.2, 0.25) is 0 Å². The topological polar surface area (TPSA) is 83.0 Å². The summed E-state index contributed by atoms with van der Waals surface area (Å²) in [5.74, 6) is 1.17. The fourth-order valence-corrected chi connectivity index (χ4v) is 2.66. The lowest BCUT2D eigenvalue weighted by Gasteiger charge is -2.27. The van der Waals surface area contributed by atoms with Gasteiger partial charge in [-0.25, -0.2) is 13.4 Å². The molecule has 0 saturated heterocycles. The van der Waals surface area contributed by atoms with Gasteiger partial charge in [0.15, 0.2) is 0 Å². The maximum absolute atomic E-state index is 11.8. The lowest BCUT2D eigenvalue weighted by atomic mass is 10.1. The third-order valence-electron chi connectivity index (χ3n) is 3.63. The second kappa shape index (κ2) is 7.65. The highest BCUT2D eigenvalue weighted by Gasteiger charge is 2.20. The van der Waals surface area contributed by atoms with E-state index in [1.165, 1.54) is 5.56 Å². The number of sulfonamides is 1. The first kappa shape index (κ1) is 17.6. The van der Waals surface area contributed by atoms with Crippen LogP contribution in [0.4, 0.5) is 0 Å². The van der Waals surface area contributed by atoms with Crippen LogP contribution in [0, 0.1) is 0 Å². The lowest BCUT2D eigenvalue weighted by Crippen LogP contribution is -2.51. The number of methoxy groups -OCH3 is 1. The maximum atomic E-state index is 11.8. The minimum absolute atomic E-state index is 0.319. The standard InChI is InChI=1S/C15H24N4O3S/c1-12(2)23(20,21)18-15-16-10-19(11-17-15)9-8-13-4-6-14(22-3)7-5-13/h4-7,12H,8-11H2,1-3H3,(H2,16,17,18). The van der Waals surface area contributed by atoms with E-state index in [-0.39, 0.29) is 0 Å². The Hall–Kier alpha value is -1.80. The van der Waals surface area contributed by atoms with Gasteiger partial charge in [-0.05, 0) is 38.0 Å². The molecule has 8 heteroatoms. The number of hydrogen-bond acceptors (Lipinski definition) is 6. The summed E-state index contributed by atoms with van der Waals surface area (Å²) < 4.78 is 31.2. The molecule has 128 valence electrons. The zero-order valence-corrected chi connectivity index (χ0v) is 14.6. The lowest BCUT2D eigenvalue weighted by molar-refractivity contribution is 0.267. The average molecular weight is 340 g/mol. The highest BCUT2D eigenvalue weighted by molar-refractivity contribution is 7.90. The van der Waals surface area contributed by atoms with Gasteiger partial charge in [0.25, 0.3) is 0 Å². The number of rotatable bonds is 6. The molecule has 0 fully saturated rings. The van der Waals surface area contributed by atoms with Crippen molar-refractivity contribution in [3.63, 3.8) is 0 Å². The minimum Gasteiger partial charge on any atom is -0.497 e. The van der Waals surface area contributed by atoms with Crippen LogP contribution < -0.4 is 14.8 Å².